The maximum atomic E-state index is 11.9. The van der Waals surface area contributed by atoms with Gasteiger partial charge in [-0.15, -0.1) is 11.8 Å². The fourth-order valence-corrected chi connectivity index (χ4v) is 2.83. The lowest BCUT2D eigenvalue weighted by Crippen LogP contribution is -2.46. The first-order valence-electron chi connectivity index (χ1n) is 5.41. The summed E-state index contributed by atoms with van der Waals surface area (Å²) in [5.74, 6) is -0.112. The first kappa shape index (κ1) is 12.7. The molecule has 0 bridgehead atoms. The van der Waals surface area contributed by atoms with Crippen molar-refractivity contribution in [2.45, 2.75) is 12.6 Å². The van der Waals surface area contributed by atoms with Crippen LogP contribution in [0.25, 0.3) is 0 Å². The summed E-state index contributed by atoms with van der Waals surface area (Å²) in [5, 5.41) is 15.7. The molecule has 0 radical (unpaired) electrons. The fraction of sp³-hybridized carbons (Fsp3) is 0.500. The van der Waals surface area contributed by atoms with Crippen molar-refractivity contribution in [1.82, 2.24) is 20.0 Å². The van der Waals surface area contributed by atoms with E-state index in [0.29, 0.717) is 18.2 Å². The van der Waals surface area contributed by atoms with Gasteiger partial charge in [0.15, 0.2) is 0 Å². The molecule has 2 rings (SSSR count). The van der Waals surface area contributed by atoms with Gasteiger partial charge in [0, 0.05) is 19.0 Å². The molecule has 2 N–H and O–H groups in total. The average molecular weight is 270 g/mol. The molecule has 0 saturated carbocycles. The number of carbonyl (C=O) groups excluding carboxylic acids is 1. The van der Waals surface area contributed by atoms with Crippen LogP contribution in [0, 0.1) is 0 Å². The van der Waals surface area contributed by atoms with Gasteiger partial charge in [0.1, 0.15) is 6.04 Å². The van der Waals surface area contributed by atoms with Gasteiger partial charge in [-0.3, -0.25) is 4.68 Å². The molecule has 1 aliphatic heterocycles. The van der Waals surface area contributed by atoms with Gasteiger partial charge in [0.2, 0.25) is 0 Å². The monoisotopic (exact) mass is 270 g/mol. The predicted molar refractivity (Wildman–Crippen MR) is 66.0 cm³/mol. The molecular formula is C10H14N4O3S. The molecule has 18 heavy (non-hydrogen) atoms. The molecule has 0 aliphatic carbocycles. The number of carboxylic acid groups (broad SMARTS) is 1. The van der Waals surface area contributed by atoms with Crippen molar-refractivity contribution >= 4 is 23.8 Å². The van der Waals surface area contributed by atoms with Crippen LogP contribution in [0.3, 0.4) is 0 Å². The Morgan fingerprint density at radius 1 is 1.67 bits per heavy atom. The number of hydrogen-bond donors (Lipinski definition) is 2. The number of amides is 2. The Kier molecular flexibility index (Phi) is 3.75. The van der Waals surface area contributed by atoms with Crippen LogP contribution in [0.2, 0.25) is 0 Å². The molecule has 1 aromatic heterocycles. The summed E-state index contributed by atoms with van der Waals surface area (Å²) in [6.45, 7) is 0.336. The Labute approximate surface area is 108 Å². The van der Waals surface area contributed by atoms with Gasteiger partial charge in [-0.2, -0.15) is 5.10 Å². The normalized spacial score (nSPS) is 18.9. The summed E-state index contributed by atoms with van der Waals surface area (Å²) < 4.78 is 1.66. The second kappa shape index (κ2) is 5.30. The third kappa shape index (κ3) is 2.58. The number of hydrogen-bond acceptors (Lipinski definition) is 4. The van der Waals surface area contributed by atoms with Crippen molar-refractivity contribution in [3.63, 3.8) is 0 Å². The molecule has 0 spiro atoms. The summed E-state index contributed by atoms with van der Waals surface area (Å²) >= 11 is 1.44. The molecule has 1 atom stereocenters. The van der Waals surface area contributed by atoms with Gasteiger partial charge >= 0.3 is 12.0 Å². The standard InChI is InChI=1S/C10H14N4O3S/c1-13-7(2-3-12-13)4-11-10(17)14-6-18-5-8(14)9(15)16/h2-3,8H,4-6H2,1H3,(H,11,17)(H,15,16). The largest absolute Gasteiger partial charge is 0.480 e. The molecule has 1 fully saturated rings. The summed E-state index contributed by atoms with van der Waals surface area (Å²) in [4.78, 5) is 24.2. The van der Waals surface area contributed by atoms with E-state index in [2.05, 4.69) is 10.4 Å². The Balaban J connectivity index is 1.92. The van der Waals surface area contributed by atoms with Crippen LogP contribution in [0.1, 0.15) is 5.69 Å². The van der Waals surface area contributed by atoms with E-state index >= 15 is 0 Å². The van der Waals surface area contributed by atoms with Crippen molar-refractivity contribution < 1.29 is 14.7 Å². The van der Waals surface area contributed by atoms with Crippen LogP contribution in [0.5, 0.6) is 0 Å². The molecule has 8 heteroatoms. The summed E-state index contributed by atoms with van der Waals surface area (Å²) in [7, 11) is 1.78. The zero-order valence-corrected chi connectivity index (χ0v) is 10.7. The van der Waals surface area contributed by atoms with E-state index in [1.54, 1.807) is 24.0 Å². The SMILES string of the molecule is Cn1nccc1CNC(=O)N1CSCC1C(=O)O. The number of thioether (sulfide) groups is 1. The van der Waals surface area contributed by atoms with Gasteiger partial charge in [0.25, 0.3) is 0 Å². The predicted octanol–water partition coefficient (Wildman–Crippen LogP) is 0.0892. The van der Waals surface area contributed by atoms with Gasteiger partial charge < -0.3 is 15.3 Å². The number of urea groups is 1. The van der Waals surface area contributed by atoms with Gasteiger partial charge in [0.05, 0.1) is 18.1 Å². The third-order valence-corrected chi connectivity index (χ3v) is 3.78. The van der Waals surface area contributed by atoms with E-state index in [9.17, 15) is 9.59 Å². The molecule has 1 aromatic rings. The highest BCUT2D eigenvalue weighted by Crippen LogP contribution is 2.20. The van der Waals surface area contributed by atoms with Crippen LogP contribution in [-0.4, -0.2) is 49.5 Å². The topological polar surface area (TPSA) is 87.5 Å². The second-order valence-electron chi connectivity index (χ2n) is 3.93. The van der Waals surface area contributed by atoms with Crippen molar-refractivity contribution in [3.05, 3.63) is 18.0 Å². The number of aromatic nitrogens is 2. The molecular weight excluding hydrogens is 256 g/mol. The molecule has 98 valence electrons. The number of nitrogens with one attached hydrogen (secondary N) is 1. The van der Waals surface area contributed by atoms with E-state index < -0.39 is 12.0 Å². The van der Waals surface area contributed by atoms with E-state index in [4.69, 9.17) is 5.11 Å². The minimum absolute atomic E-state index is 0.336. The maximum Gasteiger partial charge on any atom is 0.327 e. The lowest BCUT2D eigenvalue weighted by atomic mass is 10.3. The van der Waals surface area contributed by atoms with Crippen molar-refractivity contribution in [1.29, 1.82) is 0 Å². The molecule has 2 amide bonds. The van der Waals surface area contributed by atoms with E-state index in [1.807, 2.05) is 0 Å². The van der Waals surface area contributed by atoms with Crippen LogP contribution in [0.4, 0.5) is 4.79 Å². The van der Waals surface area contributed by atoms with Gasteiger partial charge in [-0.1, -0.05) is 0 Å². The quantitative estimate of drug-likeness (QED) is 0.812. The lowest BCUT2D eigenvalue weighted by molar-refractivity contribution is -0.140. The second-order valence-corrected chi connectivity index (χ2v) is 4.93. The minimum Gasteiger partial charge on any atom is -0.480 e. The van der Waals surface area contributed by atoms with E-state index in [-0.39, 0.29) is 6.03 Å². The Hall–Kier alpha value is -1.70. The highest BCUT2D eigenvalue weighted by Gasteiger charge is 2.34. The fourth-order valence-electron chi connectivity index (χ4n) is 1.69. The van der Waals surface area contributed by atoms with Gasteiger partial charge in [-0.25, -0.2) is 9.59 Å². The van der Waals surface area contributed by atoms with E-state index in [1.165, 1.54) is 16.7 Å². The number of nitrogens with zero attached hydrogens (tertiary/aromatic N) is 3. The smallest absolute Gasteiger partial charge is 0.327 e. The highest BCUT2D eigenvalue weighted by molar-refractivity contribution is 7.99. The highest BCUT2D eigenvalue weighted by atomic mass is 32.2. The average Bonchev–Trinajstić information content (AvgIpc) is 2.94. The molecule has 7 nitrogen and oxygen atoms in total. The molecule has 0 aromatic carbocycles. The van der Waals surface area contributed by atoms with Crippen molar-refractivity contribution in [3.8, 4) is 0 Å². The minimum atomic E-state index is -0.962. The first-order chi connectivity index (χ1) is 8.59. The van der Waals surface area contributed by atoms with E-state index in [0.717, 1.165) is 5.69 Å². The number of aryl methyl sites for hydroxylation is 1. The zero-order chi connectivity index (χ0) is 13.1. The Bertz CT molecular complexity index is 462. The summed E-state index contributed by atoms with van der Waals surface area (Å²) in [5.41, 5.74) is 0.863. The molecule has 1 saturated heterocycles. The Morgan fingerprint density at radius 2 is 2.44 bits per heavy atom. The number of carboxylic acids is 1. The van der Waals surface area contributed by atoms with Crippen LogP contribution in [0.15, 0.2) is 12.3 Å². The maximum absolute atomic E-state index is 11.9. The van der Waals surface area contributed by atoms with Crippen molar-refractivity contribution in [2.24, 2.45) is 7.05 Å². The lowest BCUT2D eigenvalue weighted by Gasteiger charge is -2.20. The van der Waals surface area contributed by atoms with Gasteiger partial charge in [-0.05, 0) is 6.07 Å². The first-order valence-corrected chi connectivity index (χ1v) is 6.57. The van der Waals surface area contributed by atoms with Crippen molar-refractivity contribution in [2.75, 3.05) is 11.6 Å². The summed E-state index contributed by atoms with van der Waals surface area (Å²) in [6.07, 6.45) is 1.65. The van der Waals surface area contributed by atoms with Crippen LogP contribution >= 0.6 is 11.8 Å². The Morgan fingerprint density at radius 3 is 3.06 bits per heavy atom. The number of carbonyl (C=O) groups is 2. The zero-order valence-electron chi connectivity index (χ0n) is 9.87. The number of rotatable bonds is 3. The molecule has 1 aliphatic rings. The number of aliphatic carboxylic acids is 1. The molecule has 2 heterocycles. The third-order valence-electron chi connectivity index (χ3n) is 2.77. The van der Waals surface area contributed by atoms with Crippen LogP contribution in [-0.2, 0) is 18.4 Å². The summed E-state index contributed by atoms with van der Waals surface area (Å²) in [6, 6.07) is 0.711. The van der Waals surface area contributed by atoms with Crippen LogP contribution < -0.4 is 5.32 Å². The molecule has 1 unspecified atom stereocenters.